The first-order valence-corrected chi connectivity index (χ1v) is 16.3. The average molecular weight is 593 g/mol. The first kappa shape index (κ1) is 31.5. The van der Waals surface area contributed by atoms with Crippen LogP contribution in [-0.4, -0.2) is 28.4 Å². The molecule has 0 saturated carbocycles. The van der Waals surface area contributed by atoms with Gasteiger partial charge in [-0.15, -0.1) is 0 Å². The number of fused-ring (bicyclic) bond motifs is 8. The fourth-order valence-corrected chi connectivity index (χ4v) is 7.05. The highest BCUT2D eigenvalue weighted by Crippen LogP contribution is 2.33. The van der Waals surface area contributed by atoms with E-state index < -0.39 is 0 Å². The van der Waals surface area contributed by atoms with E-state index in [1.54, 1.807) is 0 Å². The minimum absolute atomic E-state index is 0.969. The van der Waals surface area contributed by atoms with E-state index in [0.717, 1.165) is 100 Å². The quantitative estimate of drug-likeness (QED) is 0.237. The third-order valence-corrected chi connectivity index (χ3v) is 9.10. The van der Waals surface area contributed by atoms with Crippen LogP contribution in [-0.2, 0) is 51.4 Å². The SMILES string of the molecule is COc1c2cccc1CCCc1cccc(c1OC)CCCc1cccc(c1OC)CCCc1cccc(c1OC)CCC2. The Hall–Kier alpha value is -3.92. The molecule has 0 spiro atoms. The molecule has 1 aliphatic rings. The Kier molecular flexibility index (Phi) is 11.2. The monoisotopic (exact) mass is 592 g/mol. The van der Waals surface area contributed by atoms with Gasteiger partial charge in [0.1, 0.15) is 23.0 Å². The van der Waals surface area contributed by atoms with Gasteiger partial charge in [0.2, 0.25) is 0 Å². The van der Waals surface area contributed by atoms with E-state index in [4.69, 9.17) is 18.9 Å². The van der Waals surface area contributed by atoms with Crippen molar-refractivity contribution in [3.05, 3.63) is 117 Å². The van der Waals surface area contributed by atoms with Gasteiger partial charge >= 0.3 is 0 Å². The predicted octanol–water partition coefficient (Wildman–Crippen LogP) is 8.74. The normalized spacial score (nSPS) is 14.6. The molecule has 0 aliphatic heterocycles. The van der Waals surface area contributed by atoms with E-state index in [-0.39, 0.29) is 0 Å². The Morgan fingerprint density at radius 1 is 0.295 bits per heavy atom. The molecule has 0 amide bonds. The molecule has 1 aliphatic carbocycles. The number of aryl methyl sites for hydroxylation is 8. The number of hydrogen-bond acceptors (Lipinski definition) is 4. The molecule has 4 aromatic rings. The van der Waals surface area contributed by atoms with Crippen LogP contribution in [0.1, 0.15) is 70.2 Å². The molecule has 0 saturated heterocycles. The Morgan fingerprint density at radius 3 is 0.591 bits per heavy atom. The van der Waals surface area contributed by atoms with E-state index in [0.29, 0.717) is 0 Å². The van der Waals surface area contributed by atoms with Crippen LogP contribution < -0.4 is 18.9 Å². The standard InChI is InChI=1S/C40H48O4/c1-41-37-29-13-5-14-30(37)22-10-24-32-16-7-18-34(39(32)43-3)26-12-28-36-20-8-19-35(40(36)44-4)27-11-25-33-17-6-15-31(23-9-21-29)38(33)42-2/h5-8,13-20H,9-12,21-28H2,1-4H3. The second kappa shape index (κ2) is 15.7. The van der Waals surface area contributed by atoms with Gasteiger partial charge < -0.3 is 18.9 Å². The summed E-state index contributed by atoms with van der Waals surface area (Å²) in [6, 6.07) is 26.5. The summed E-state index contributed by atoms with van der Waals surface area (Å²) in [4.78, 5) is 0. The Bertz CT molecular complexity index is 1200. The number of rotatable bonds is 4. The molecular formula is C40H48O4. The van der Waals surface area contributed by atoms with Crippen LogP contribution in [0, 0.1) is 0 Å². The second-order valence-corrected chi connectivity index (χ2v) is 11.9. The maximum Gasteiger partial charge on any atom is 0.125 e. The highest BCUT2D eigenvalue weighted by atomic mass is 16.5. The third kappa shape index (κ3) is 7.41. The van der Waals surface area contributed by atoms with Crippen LogP contribution in [0.3, 0.4) is 0 Å². The zero-order valence-electron chi connectivity index (χ0n) is 27.0. The van der Waals surface area contributed by atoms with Crippen molar-refractivity contribution in [2.45, 2.75) is 77.0 Å². The zero-order chi connectivity index (χ0) is 30.7. The molecule has 0 N–H and O–H groups in total. The molecule has 5 rings (SSSR count). The minimum atomic E-state index is 0.969. The summed E-state index contributed by atoms with van der Waals surface area (Å²) in [5.41, 5.74) is 10.3. The van der Waals surface area contributed by atoms with Crippen LogP contribution in [0.5, 0.6) is 23.0 Å². The highest BCUT2D eigenvalue weighted by molar-refractivity contribution is 5.46. The van der Waals surface area contributed by atoms with E-state index in [1.165, 1.54) is 44.5 Å². The van der Waals surface area contributed by atoms with Crippen molar-refractivity contribution in [3.8, 4) is 23.0 Å². The molecule has 0 unspecified atom stereocenters. The zero-order valence-corrected chi connectivity index (χ0v) is 27.0. The molecule has 44 heavy (non-hydrogen) atoms. The lowest BCUT2D eigenvalue weighted by Gasteiger charge is -2.17. The van der Waals surface area contributed by atoms with Gasteiger partial charge in [0.15, 0.2) is 0 Å². The minimum Gasteiger partial charge on any atom is -0.496 e. The first-order chi connectivity index (χ1) is 21.7. The maximum atomic E-state index is 5.99. The number of ether oxygens (including phenoxy) is 4. The summed E-state index contributed by atoms with van der Waals surface area (Å²) in [6.07, 6.45) is 11.9. The van der Waals surface area contributed by atoms with E-state index in [2.05, 4.69) is 72.8 Å². The summed E-state index contributed by atoms with van der Waals surface area (Å²) in [5, 5.41) is 0. The second-order valence-electron chi connectivity index (χ2n) is 11.9. The first-order valence-electron chi connectivity index (χ1n) is 16.3. The van der Waals surface area contributed by atoms with Crippen LogP contribution in [0.4, 0.5) is 0 Å². The van der Waals surface area contributed by atoms with Crippen molar-refractivity contribution in [3.63, 3.8) is 0 Å². The largest absolute Gasteiger partial charge is 0.496 e. The maximum absolute atomic E-state index is 5.99. The van der Waals surface area contributed by atoms with Crippen molar-refractivity contribution in [2.75, 3.05) is 28.4 Å². The topological polar surface area (TPSA) is 36.9 Å². The average Bonchev–Trinajstić information content (AvgIpc) is 3.05. The number of para-hydroxylation sites is 4. The summed E-state index contributed by atoms with van der Waals surface area (Å²) >= 11 is 0. The lowest BCUT2D eigenvalue weighted by Crippen LogP contribution is -2.03. The van der Waals surface area contributed by atoms with Gasteiger partial charge in [-0.05, 0) is 122 Å². The molecule has 232 valence electrons. The van der Waals surface area contributed by atoms with Crippen molar-refractivity contribution in [2.24, 2.45) is 0 Å². The van der Waals surface area contributed by atoms with Crippen molar-refractivity contribution in [1.29, 1.82) is 0 Å². The Morgan fingerprint density at radius 2 is 0.455 bits per heavy atom. The molecule has 8 bridgehead atoms. The van der Waals surface area contributed by atoms with Crippen LogP contribution in [0.15, 0.2) is 72.8 Å². The predicted molar refractivity (Wildman–Crippen MR) is 180 cm³/mol. The number of benzene rings is 4. The van der Waals surface area contributed by atoms with Gasteiger partial charge in [0, 0.05) is 0 Å². The summed E-state index contributed by atoms with van der Waals surface area (Å²) < 4.78 is 24.0. The van der Waals surface area contributed by atoms with Crippen LogP contribution in [0.2, 0.25) is 0 Å². The van der Waals surface area contributed by atoms with Crippen molar-refractivity contribution in [1.82, 2.24) is 0 Å². The molecule has 4 aromatic carbocycles. The molecule has 4 heteroatoms. The third-order valence-electron chi connectivity index (χ3n) is 9.10. The summed E-state index contributed by atoms with van der Waals surface area (Å²) in [7, 11) is 7.23. The van der Waals surface area contributed by atoms with Crippen molar-refractivity contribution >= 4 is 0 Å². The summed E-state index contributed by atoms with van der Waals surface area (Å²) in [5.74, 6) is 4.17. The van der Waals surface area contributed by atoms with Gasteiger partial charge in [0.25, 0.3) is 0 Å². The van der Waals surface area contributed by atoms with Crippen LogP contribution in [0.25, 0.3) is 0 Å². The lowest BCUT2D eigenvalue weighted by atomic mass is 9.94. The Balaban J connectivity index is 1.44. The van der Waals surface area contributed by atoms with Gasteiger partial charge in [-0.25, -0.2) is 0 Å². The fraction of sp³-hybridized carbons (Fsp3) is 0.400. The summed E-state index contributed by atoms with van der Waals surface area (Å²) in [6.45, 7) is 0. The molecule has 0 fully saturated rings. The van der Waals surface area contributed by atoms with E-state index >= 15 is 0 Å². The van der Waals surface area contributed by atoms with Crippen LogP contribution >= 0.6 is 0 Å². The van der Waals surface area contributed by atoms with Gasteiger partial charge in [0.05, 0.1) is 28.4 Å². The number of hydrogen-bond donors (Lipinski definition) is 0. The number of methoxy groups -OCH3 is 4. The van der Waals surface area contributed by atoms with E-state index in [9.17, 15) is 0 Å². The lowest BCUT2D eigenvalue weighted by molar-refractivity contribution is 0.398. The van der Waals surface area contributed by atoms with E-state index in [1.807, 2.05) is 28.4 Å². The fourth-order valence-electron chi connectivity index (χ4n) is 7.05. The van der Waals surface area contributed by atoms with Gasteiger partial charge in [-0.3, -0.25) is 0 Å². The molecule has 0 radical (unpaired) electrons. The van der Waals surface area contributed by atoms with Gasteiger partial charge in [-0.1, -0.05) is 72.8 Å². The molecule has 0 aromatic heterocycles. The highest BCUT2D eigenvalue weighted by Gasteiger charge is 2.15. The van der Waals surface area contributed by atoms with Gasteiger partial charge in [-0.2, -0.15) is 0 Å². The Labute approximate surface area is 264 Å². The molecule has 0 heterocycles. The smallest absolute Gasteiger partial charge is 0.125 e. The van der Waals surface area contributed by atoms with Crippen molar-refractivity contribution < 1.29 is 18.9 Å². The molecule has 4 nitrogen and oxygen atoms in total. The molecular weight excluding hydrogens is 544 g/mol. The molecule has 0 atom stereocenters.